The lowest BCUT2D eigenvalue weighted by Gasteiger charge is -2.14. The molecule has 3 rings (SSSR count). The Morgan fingerprint density at radius 2 is 2.07 bits per heavy atom. The number of guanidine groups is 1. The molecule has 2 N–H and O–H groups in total. The topological polar surface area (TPSA) is 76.4 Å². The Morgan fingerprint density at radius 1 is 1.17 bits per heavy atom. The Morgan fingerprint density at radius 3 is 2.90 bits per heavy atom. The molecule has 0 fully saturated rings. The Hall–Kier alpha value is -2.57. The summed E-state index contributed by atoms with van der Waals surface area (Å²) < 4.78 is 8.18. The average molecular weight is 399 g/mol. The van der Waals surface area contributed by atoms with Crippen molar-refractivity contribution in [1.29, 1.82) is 0 Å². The third-order valence-electron chi connectivity index (χ3n) is 5.04. The molecular weight excluding hydrogens is 364 g/mol. The van der Waals surface area contributed by atoms with Crippen LogP contribution < -0.4 is 15.4 Å². The highest BCUT2D eigenvalue weighted by Gasteiger charge is 2.14. The van der Waals surface area contributed by atoms with Gasteiger partial charge in [0.15, 0.2) is 11.8 Å². The van der Waals surface area contributed by atoms with Crippen LogP contribution in [0.2, 0.25) is 0 Å². The molecule has 0 saturated carbocycles. The highest BCUT2D eigenvalue weighted by molar-refractivity contribution is 5.79. The lowest BCUT2D eigenvalue weighted by Crippen LogP contribution is -2.37. The first kappa shape index (κ1) is 21.1. The SMILES string of the molecule is CCCOc1cc(C)ccc1CN=C(NCC)NCc1nnc2n1CCCCC2. The maximum absolute atomic E-state index is 5.92. The smallest absolute Gasteiger partial charge is 0.191 e. The molecule has 1 aliphatic heterocycles. The molecule has 7 heteroatoms. The van der Waals surface area contributed by atoms with Crippen LogP contribution in [0.1, 0.15) is 62.3 Å². The van der Waals surface area contributed by atoms with Gasteiger partial charge in [-0.25, -0.2) is 4.99 Å². The van der Waals surface area contributed by atoms with Crippen molar-refractivity contribution in [2.45, 2.75) is 72.5 Å². The molecule has 2 heterocycles. The van der Waals surface area contributed by atoms with Gasteiger partial charge in [0.2, 0.25) is 0 Å². The summed E-state index contributed by atoms with van der Waals surface area (Å²) >= 11 is 0. The molecule has 0 bridgehead atoms. The van der Waals surface area contributed by atoms with Crippen molar-refractivity contribution in [1.82, 2.24) is 25.4 Å². The summed E-state index contributed by atoms with van der Waals surface area (Å²) in [6.07, 6.45) is 5.67. The molecule has 0 unspecified atom stereocenters. The van der Waals surface area contributed by atoms with Gasteiger partial charge in [0.05, 0.1) is 19.7 Å². The lowest BCUT2D eigenvalue weighted by atomic mass is 10.1. The van der Waals surface area contributed by atoms with Gasteiger partial charge in [-0.1, -0.05) is 25.5 Å². The highest BCUT2D eigenvalue weighted by Crippen LogP contribution is 2.21. The molecule has 0 radical (unpaired) electrons. The van der Waals surface area contributed by atoms with Crippen molar-refractivity contribution in [3.8, 4) is 5.75 Å². The number of nitrogens with zero attached hydrogens (tertiary/aromatic N) is 4. The number of nitrogens with one attached hydrogen (secondary N) is 2. The van der Waals surface area contributed by atoms with E-state index < -0.39 is 0 Å². The molecule has 0 aliphatic carbocycles. The number of aliphatic imine (C=N–C) groups is 1. The first-order valence-electron chi connectivity index (χ1n) is 10.9. The zero-order valence-corrected chi connectivity index (χ0v) is 18.0. The van der Waals surface area contributed by atoms with Crippen LogP contribution in [0.4, 0.5) is 0 Å². The van der Waals surface area contributed by atoms with Crippen molar-refractivity contribution in [3.63, 3.8) is 0 Å². The Bertz CT molecular complexity index is 814. The van der Waals surface area contributed by atoms with Crippen LogP contribution >= 0.6 is 0 Å². The number of fused-ring (bicyclic) bond motifs is 1. The summed E-state index contributed by atoms with van der Waals surface area (Å²) in [5.74, 6) is 3.79. The monoisotopic (exact) mass is 398 g/mol. The molecule has 0 atom stereocenters. The van der Waals surface area contributed by atoms with Crippen LogP contribution in [-0.4, -0.2) is 33.9 Å². The van der Waals surface area contributed by atoms with E-state index in [-0.39, 0.29) is 0 Å². The van der Waals surface area contributed by atoms with E-state index in [1.807, 2.05) is 0 Å². The minimum absolute atomic E-state index is 0.562. The summed E-state index contributed by atoms with van der Waals surface area (Å²) in [5.41, 5.74) is 2.29. The number of benzene rings is 1. The van der Waals surface area contributed by atoms with Gasteiger partial charge in [0.1, 0.15) is 11.6 Å². The molecule has 0 spiro atoms. The second-order valence-corrected chi connectivity index (χ2v) is 7.50. The molecule has 2 aromatic rings. The van der Waals surface area contributed by atoms with Crippen molar-refractivity contribution < 1.29 is 4.74 Å². The number of hydrogen-bond acceptors (Lipinski definition) is 4. The van der Waals surface area contributed by atoms with E-state index in [2.05, 4.69) is 64.4 Å². The van der Waals surface area contributed by atoms with Gasteiger partial charge in [-0.3, -0.25) is 0 Å². The minimum atomic E-state index is 0.562. The van der Waals surface area contributed by atoms with Gasteiger partial charge in [0.25, 0.3) is 0 Å². The van der Waals surface area contributed by atoms with E-state index in [4.69, 9.17) is 9.73 Å². The predicted molar refractivity (Wildman–Crippen MR) is 116 cm³/mol. The first-order chi connectivity index (χ1) is 14.2. The van der Waals surface area contributed by atoms with Gasteiger partial charge in [-0.15, -0.1) is 10.2 Å². The maximum atomic E-state index is 5.92. The lowest BCUT2D eigenvalue weighted by molar-refractivity contribution is 0.314. The highest BCUT2D eigenvalue weighted by atomic mass is 16.5. The molecular formula is C22H34N6O. The summed E-state index contributed by atoms with van der Waals surface area (Å²) in [7, 11) is 0. The largest absolute Gasteiger partial charge is 0.493 e. The van der Waals surface area contributed by atoms with Crippen LogP contribution in [-0.2, 0) is 26.1 Å². The van der Waals surface area contributed by atoms with E-state index in [0.29, 0.717) is 13.1 Å². The van der Waals surface area contributed by atoms with E-state index in [0.717, 1.165) is 61.5 Å². The maximum Gasteiger partial charge on any atom is 0.191 e. The second kappa shape index (κ2) is 10.8. The number of ether oxygens (including phenoxy) is 1. The number of aromatic nitrogens is 3. The average Bonchev–Trinajstić information content (AvgIpc) is 2.95. The van der Waals surface area contributed by atoms with Gasteiger partial charge >= 0.3 is 0 Å². The molecule has 0 saturated heterocycles. The summed E-state index contributed by atoms with van der Waals surface area (Å²) in [6, 6.07) is 6.30. The zero-order valence-electron chi connectivity index (χ0n) is 18.0. The molecule has 1 aromatic heterocycles. The fourth-order valence-corrected chi connectivity index (χ4v) is 3.48. The van der Waals surface area contributed by atoms with E-state index >= 15 is 0 Å². The van der Waals surface area contributed by atoms with Gasteiger partial charge in [0, 0.05) is 25.1 Å². The standard InChI is InChI=1S/C22H34N6O/c1-4-13-29-19-14-17(3)10-11-18(19)15-24-22(23-5-2)25-16-21-27-26-20-9-7-6-8-12-28(20)21/h10-11,14H,4-9,12-13,15-16H2,1-3H3,(H2,23,24,25). The van der Waals surface area contributed by atoms with Gasteiger partial charge in [-0.2, -0.15) is 0 Å². The number of hydrogen-bond donors (Lipinski definition) is 2. The predicted octanol–water partition coefficient (Wildman–Crippen LogP) is 3.36. The van der Waals surface area contributed by atoms with Crippen molar-refractivity contribution >= 4 is 5.96 Å². The van der Waals surface area contributed by atoms with Gasteiger partial charge < -0.3 is 19.9 Å². The van der Waals surface area contributed by atoms with Crippen LogP contribution in [0.5, 0.6) is 5.75 Å². The molecule has 1 aliphatic rings. The molecule has 158 valence electrons. The second-order valence-electron chi connectivity index (χ2n) is 7.50. The molecule has 7 nitrogen and oxygen atoms in total. The number of aryl methyl sites for hydroxylation is 2. The minimum Gasteiger partial charge on any atom is -0.493 e. The Kier molecular flexibility index (Phi) is 7.90. The third kappa shape index (κ3) is 5.95. The fourth-order valence-electron chi connectivity index (χ4n) is 3.48. The van der Waals surface area contributed by atoms with Crippen molar-refractivity contribution in [2.75, 3.05) is 13.2 Å². The van der Waals surface area contributed by atoms with E-state index in [1.165, 1.54) is 24.8 Å². The third-order valence-corrected chi connectivity index (χ3v) is 5.04. The van der Waals surface area contributed by atoms with E-state index in [9.17, 15) is 0 Å². The first-order valence-corrected chi connectivity index (χ1v) is 10.9. The number of rotatable bonds is 8. The van der Waals surface area contributed by atoms with Crippen molar-refractivity contribution in [3.05, 3.63) is 41.0 Å². The van der Waals surface area contributed by atoms with Crippen molar-refractivity contribution in [2.24, 2.45) is 4.99 Å². The van der Waals surface area contributed by atoms with Gasteiger partial charge in [-0.05, 0) is 44.7 Å². The Labute approximate surface area is 174 Å². The van der Waals surface area contributed by atoms with Crippen LogP contribution in [0.3, 0.4) is 0 Å². The fraction of sp³-hybridized carbons (Fsp3) is 0.591. The summed E-state index contributed by atoms with van der Waals surface area (Å²) in [5, 5.41) is 15.5. The van der Waals surface area contributed by atoms with Crippen LogP contribution in [0.25, 0.3) is 0 Å². The Balaban J connectivity index is 1.67. The van der Waals surface area contributed by atoms with Crippen LogP contribution in [0.15, 0.2) is 23.2 Å². The summed E-state index contributed by atoms with van der Waals surface area (Å²) in [6.45, 7) is 9.98. The summed E-state index contributed by atoms with van der Waals surface area (Å²) in [4.78, 5) is 4.77. The van der Waals surface area contributed by atoms with Crippen LogP contribution in [0, 0.1) is 6.92 Å². The molecule has 29 heavy (non-hydrogen) atoms. The normalized spacial score (nSPS) is 14.2. The quantitative estimate of drug-likeness (QED) is 0.527. The molecule has 1 aromatic carbocycles. The zero-order chi connectivity index (χ0) is 20.5. The van der Waals surface area contributed by atoms with E-state index in [1.54, 1.807) is 0 Å². The molecule has 0 amide bonds.